The third kappa shape index (κ3) is 5.76. The lowest BCUT2D eigenvalue weighted by Crippen LogP contribution is -2.32. The van der Waals surface area contributed by atoms with E-state index in [1.807, 2.05) is 0 Å². The molecule has 0 aliphatic heterocycles. The summed E-state index contributed by atoms with van der Waals surface area (Å²) in [7, 11) is 1.57. The second-order valence-electron chi connectivity index (χ2n) is 4.27. The van der Waals surface area contributed by atoms with Gasteiger partial charge in [0.1, 0.15) is 5.75 Å². The molecule has 0 bridgehead atoms. The number of carbonyl (C=O) groups is 2. The minimum Gasteiger partial charge on any atom is -0.497 e. The Morgan fingerprint density at radius 3 is 2.47 bits per heavy atom. The van der Waals surface area contributed by atoms with E-state index >= 15 is 0 Å². The Morgan fingerprint density at radius 2 is 1.95 bits per heavy atom. The van der Waals surface area contributed by atoms with E-state index in [1.165, 1.54) is 0 Å². The lowest BCUT2D eigenvalue weighted by atomic mass is 10.1. The quantitative estimate of drug-likeness (QED) is 0.734. The Kier molecular flexibility index (Phi) is 5.66. The summed E-state index contributed by atoms with van der Waals surface area (Å²) in [5.41, 5.74) is 0.643. The lowest BCUT2D eigenvalue weighted by molar-refractivity contribution is -0.137. The third-order valence-corrected chi connectivity index (χ3v) is 2.48. The Morgan fingerprint density at radius 1 is 1.32 bits per heavy atom. The smallest absolute Gasteiger partial charge is 0.319 e. The van der Waals surface area contributed by atoms with Gasteiger partial charge in [0.05, 0.1) is 7.11 Å². The zero-order valence-corrected chi connectivity index (χ0v) is 11.0. The first-order chi connectivity index (χ1) is 9.01. The van der Waals surface area contributed by atoms with Crippen LogP contribution in [0.25, 0.3) is 0 Å². The highest BCUT2D eigenvalue weighted by Crippen LogP contribution is 2.14. The molecule has 3 N–H and O–H groups in total. The van der Waals surface area contributed by atoms with Crippen LogP contribution < -0.4 is 15.4 Å². The Balaban J connectivity index is 2.36. The first-order valence-electron chi connectivity index (χ1n) is 5.92. The van der Waals surface area contributed by atoms with Crippen LogP contribution in [0.15, 0.2) is 24.3 Å². The third-order valence-electron chi connectivity index (χ3n) is 2.48. The minimum atomic E-state index is -0.870. The number of anilines is 1. The van der Waals surface area contributed by atoms with Crippen molar-refractivity contribution in [3.8, 4) is 5.75 Å². The number of methoxy groups -OCH3 is 1. The highest BCUT2D eigenvalue weighted by molar-refractivity contribution is 5.89. The Labute approximate surface area is 111 Å². The summed E-state index contributed by atoms with van der Waals surface area (Å²) in [5.74, 6) is -0.273. The van der Waals surface area contributed by atoms with E-state index in [0.717, 1.165) is 0 Å². The largest absolute Gasteiger partial charge is 0.497 e. The molecular weight excluding hydrogens is 248 g/mol. The number of hydrogen-bond acceptors (Lipinski definition) is 3. The van der Waals surface area contributed by atoms with Gasteiger partial charge in [0.15, 0.2) is 0 Å². The van der Waals surface area contributed by atoms with Crippen LogP contribution in [0.3, 0.4) is 0 Å². The van der Waals surface area contributed by atoms with Crippen LogP contribution in [0.2, 0.25) is 0 Å². The molecule has 2 amide bonds. The molecular formula is C13H18N2O4. The molecule has 6 heteroatoms. The molecule has 0 aliphatic rings. The van der Waals surface area contributed by atoms with Gasteiger partial charge in [-0.1, -0.05) is 6.92 Å². The van der Waals surface area contributed by atoms with Gasteiger partial charge in [-0.05, 0) is 30.2 Å². The van der Waals surface area contributed by atoms with Crippen LogP contribution in [0.4, 0.5) is 10.5 Å². The zero-order valence-electron chi connectivity index (χ0n) is 11.0. The number of carboxylic acid groups (broad SMARTS) is 1. The van der Waals surface area contributed by atoms with E-state index in [1.54, 1.807) is 38.3 Å². The molecule has 1 aromatic carbocycles. The summed E-state index contributed by atoms with van der Waals surface area (Å²) < 4.78 is 5.01. The van der Waals surface area contributed by atoms with Crippen LogP contribution in [-0.2, 0) is 4.79 Å². The molecule has 104 valence electrons. The van der Waals surface area contributed by atoms with E-state index in [9.17, 15) is 9.59 Å². The predicted octanol–water partition coefficient (Wildman–Crippen LogP) is 1.93. The summed E-state index contributed by atoms with van der Waals surface area (Å²) in [4.78, 5) is 22.0. The second-order valence-corrected chi connectivity index (χ2v) is 4.27. The Hall–Kier alpha value is -2.24. The summed E-state index contributed by atoms with van der Waals surface area (Å²) in [6.07, 6.45) is 0.0306. The van der Waals surface area contributed by atoms with Gasteiger partial charge < -0.3 is 20.5 Å². The summed E-state index contributed by atoms with van der Waals surface area (Å²) in [6.45, 7) is 2.08. The molecule has 0 spiro atoms. The van der Waals surface area contributed by atoms with Crippen molar-refractivity contribution in [2.24, 2.45) is 5.92 Å². The van der Waals surface area contributed by atoms with Gasteiger partial charge in [0, 0.05) is 18.7 Å². The average Bonchev–Trinajstić information content (AvgIpc) is 2.36. The number of nitrogens with one attached hydrogen (secondary N) is 2. The van der Waals surface area contributed by atoms with E-state index in [-0.39, 0.29) is 18.4 Å². The summed E-state index contributed by atoms with van der Waals surface area (Å²) in [5, 5.41) is 13.9. The van der Waals surface area contributed by atoms with Crippen molar-refractivity contribution in [3.63, 3.8) is 0 Å². The number of aliphatic carboxylic acids is 1. The van der Waals surface area contributed by atoms with Gasteiger partial charge in [0.2, 0.25) is 0 Å². The topological polar surface area (TPSA) is 87.7 Å². The number of ether oxygens (including phenoxy) is 1. The van der Waals surface area contributed by atoms with E-state index in [4.69, 9.17) is 9.84 Å². The number of carbonyl (C=O) groups excluding carboxylic acids is 1. The van der Waals surface area contributed by atoms with Gasteiger partial charge in [-0.15, -0.1) is 0 Å². The molecule has 0 fully saturated rings. The standard InChI is InChI=1S/C13H18N2O4/c1-9(7-12(16)17)8-14-13(18)15-10-3-5-11(19-2)6-4-10/h3-6,9H,7-8H2,1-2H3,(H,16,17)(H2,14,15,18). The number of rotatable bonds is 6. The van der Waals surface area contributed by atoms with Gasteiger partial charge in [-0.25, -0.2) is 4.79 Å². The maximum Gasteiger partial charge on any atom is 0.319 e. The predicted molar refractivity (Wildman–Crippen MR) is 71.4 cm³/mol. The molecule has 1 aromatic rings. The fourth-order valence-corrected chi connectivity index (χ4v) is 1.49. The number of hydrogen-bond donors (Lipinski definition) is 3. The van der Waals surface area contributed by atoms with Crippen molar-refractivity contribution in [2.45, 2.75) is 13.3 Å². The van der Waals surface area contributed by atoms with Gasteiger partial charge in [-0.2, -0.15) is 0 Å². The fourth-order valence-electron chi connectivity index (χ4n) is 1.49. The number of urea groups is 1. The first-order valence-corrected chi connectivity index (χ1v) is 5.92. The maximum atomic E-state index is 11.6. The van der Waals surface area contributed by atoms with Crippen LogP contribution in [0, 0.1) is 5.92 Å². The van der Waals surface area contributed by atoms with Crippen molar-refractivity contribution in [2.75, 3.05) is 19.0 Å². The lowest BCUT2D eigenvalue weighted by Gasteiger charge is -2.11. The Bertz CT molecular complexity index is 431. The van der Waals surface area contributed by atoms with Crippen LogP contribution in [0.5, 0.6) is 5.75 Å². The molecule has 0 aliphatic carbocycles. The number of carboxylic acids is 1. The molecule has 0 radical (unpaired) electrons. The van der Waals surface area contributed by atoms with Crippen molar-refractivity contribution in [1.29, 1.82) is 0 Å². The molecule has 19 heavy (non-hydrogen) atoms. The number of benzene rings is 1. The van der Waals surface area contributed by atoms with E-state index in [2.05, 4.69) is 10.6 Å². The van der Waals surface area contributed by atoms with Crippen LogP contribution >= 0.6 is 0 Å². The van der Waals surface area contributed by atoms with Crippen molar-refractivity contribution in [3.05, 3.63) is 24.3 Å². The van der Waals surface area contributed by atoms with E-state index in [0.29, 0.717) is 18.0 Å². The van der Waals surface area contributed by atoms with Crippen molar-refractivity contribution >= 4 is 17.7 Å². The van der Waals surface area contributed by atoms with Crippen molar-refractivity contribution in [1.82, 2.24) is 5.32 Å². The average molecular weight is 266 g/mol. The monoisotopic (exact) mass is 266 g/mol. The van der Waals surface area contributed by atoms with Gasteiger partial charge in [-0.3, -0.25) is 4.79 Å². The molecule has 1 atom stereocenters. The van der Waals surface area contributed by atoms with Gasteiger partial charge >= 0.3 is 12.0 Å². The van der Waals surface area contributed by atoms with Crippen LogP contribution in [-0.4, -0.2) is 30.8 Å². The highest BCUT2D eigenvalue weighted by Gasteiger charge is 2.09. The molecule has 0 saturated carbocycles. The maximum absolute atomic E-state index is 11.6. The first kappa shape index (κ1) is 14.8. The molecule has 6 nitrogen and oxygen atoms in total. The molecule has 0 heterocycles. The van der Waals surface area contributed by atoms with Crippen molar-refractivity contribution < 1.29 is 19.4 Å². The number of amides is 2. The van der Waals surface area contributed by atoms with Crippen LogP contribution in [0.1, 0.15) is 13.3 Å². The van der Waals surface area contributed by atoms with E-state index < -0.39 is 5.97 Å². The van der Waals surface area contributed by atoms with Gasteiger partial charge in [0.25, 0.3) is 0 Å². The molecule has 0 aromatic heterocycles. The summed E-state index contributed by atoms with van der Waals surface area (Å²) in [6, 6.07) is 6.56. The SMILES string of the molecule is COc1ccc(NC(=O)NCC(C)CC(=O)O)cc1. The highest BCUT2D eigenvalue weighted by atomic mass is 16.5. The molecule has 0 saturated heterocycles. The summed E-state index contributed by atoms with van der Waals surface area (Å²) >= 11 is 0. The zero-order chi connectivity index (χ0) is 14.3. The molecule has 1 unspecified atom stereocenters. The normalized spacial score (nSPS) is 11.5. The fraction of sp³-hybridized carbons (Fsp3) is 0.385. The minimum absolute atomic E-state index is 0.0306. The second kappa shape index (κ2) is 7.25. The molecule has 1 rings (SSSR count).